The van der Waals surface area contributed by atoms with Crippen molar-refractivity contribution in [2.45, 2.75) is 19.3 Å². The predicted molar refractivity (Wildman–Crippen MR) is 216 cm³/mol. The number of hydrogen-bond acceptors (Lipinski definition) is 4. The van der Waals surface area contributed by atoms with Gasteiger partial charge in [-0.15, -0.1) is 11.3 Å². The predicted octanol–water partition coefficient (Wildman–Crippen LogP) is 13.1. The third kappa shape index (κ3) is 4.79. The van der Waals surface area contributed by atoms with E-state index < -0.39 is 0 Å². The molecule has 1 aliphatic heterocycles. The first-order chi connectivity index (χ1) is 25.0. The fraction of sp³-hybridized carbons (Fsp3) is 0.0638. The van der Waals surface area contributed by atoms with E-state index in [1.54, 1.807) is 0 Å². The first-order valence-corrected chi connectivity index (χ1v) is 18.2. The summed E-state index contributed by atoms with van der Waals surface area (Å²) in [7, 11) is 0. The van der Waals surface area contributed by atoms with Crippen LogP contribution in [0.25, 0.3) is 64.8 Å². The van der Waals surface area contributed by atoms with E-state index in [-0.39, 0.29) is 5.41 Å². The van der Waals surface area contributed by atoms with Gasteiger partial charge in [0.2, 0.25) is 0 Å². The molecule has 0 N–H and O–H groups in total. The summed E-state index contributed by atoms with van der Waals surface area (Å²) in [5.41, 5.74) is 12.2. The molecule has 4 heteroatoms. The van der Waals surface area contributed by atoms with Gasteiger partial charge in [-0.25, -0.2) is 9.97 Å². The average Bonchev–Trinajstić information content (AvgIpc) is 3.55. The Morgan fingerprint density at radius 2 is 1.20 bits per heavy atom. The van der Waals surface area contributed by atoms with Gasteiger partial charge in [0.05, 0.1) is 22.6 Å². The summed E-state index contributed by atoms with van der Waals surface area (Å²) in [6.45, 7) is 4.72. The third-order valence-corrected chi connectivity index (χ3v) is 11.6. The summed E-state index contributed by atoms with van der Waals surface area (Å²) < 4.78 is 2.61. The molecule has 0 aliphatic carbocycles. The number of fused-ring (bicyclic) bond motifs is 6. The van der Waals surface area contributed by atoms with Crippen LogP contribution in [0.3, 0.4) is 0 Å². The van der Waals surface area contributed by atoms with E-state index in [4.69, 9.17) is 9.97 Å². The molecule has 3 nitrogen and oxygen atoms in total. The topological polar surface area (TPSA) is 29.0 Å². The Morgan fingerprint density at radius 1 is 0.471 bits per heavy atom. The summed E-state index contributed by atoms with van der Waals surface area (Å²) in [6.07, 6.45) is 0. The minimum Gasteiger partial charge on any atom is -0.310 e. The van der Waals surface area contributed by atoms with Gasteiger partial charge in [-0.1, -0.05) is 129 Å². The molecule has 3 heterocycles. The van der Waals surface area contributed by atoms with E-state index >= 15 is 0 Å². The molecule has 10 rings (SSSR count). The highest BCUT2D eigenvalue weighted by atomic mass is 32.1. The number of rotatable bonds is 4. The van der Waals surface area contributed by atoms with Crippen LogP contribution >= 0.6 is 11.3 Å². The highest BCUT2D eigenvalue weighted by molar-refractivity contribution is 7.25. The largest absolute Gasteiger partial charge is 0.310 e. The summed E-state index contributed by atoms with van der Waals surface area (Å²) in [4.78, 5) is 13.0. The van der Waals surface area contributed by atoms with Gasteiger partial charge < -0.3 is 4.90 Å². The summed E-state index contributed by atoms with van der Waals surface area (Å²) in [5.74, 6) is 0.708. The van der Waals surface area contributed by atoms with E-state index in [1.807, 2.05) is 17.4 Å². The SMILES string of the molecule is CC1(C)c2ccccc2N(c2cccc(-c3nc(-c4ccccc4)c4ccc(-c5ccccc5)cc4n3)c2)c2cc3sc4ccccc4c3cc21. The van der Waals surface area contributed by atoms with Crippen molar-refractivity contribution in [1.82, 2.24) is 9.97 Å². The number of thiophene rings is 1. The lowest BCUT2D eigenvalue weighted by atomic mass is 9.73. The molecule has 0 saturated heterocycles. The van der Waals surface area contributed by atoms with Gasteiger partial charge in [0.15, 0.2) is 5.82 Å². The quantitative estimate of drug-likeness (QED) is 0.186. The molecule has 0 saturated carbocycles. The van der Waals surface area contributed by atoms with E-state index in [0.717, 1.165) is 39.0 Å². The number of nitrogens with zero attached hydrogens (tertiary/aromatic N) is 3. The smallest absolute Gasteiger partial charge is 0.160 e. The maximum absolute atomic E-state index is 5.28. The number of benzene rings is 7. The molecule has 51 heavy (non-hydrogen) atoms. The van der Waals surface area contributed by atoms with Gasteiger partial charge in [-0.05, 0) is 70.8 Å². The molecule has 0 unspecified atom stereocenters. The van der Waals surface area contributed by atoms with Crippen molar-refractivity contribution in [3.63, 3.8) is 0 Å². The lowest BCUT2D eigenvalue weighted by molar-refractivity contribution is 0.633. The number of aromatic nitrogens is 2. The van der Waals surface area contributed by atoms with Crippen molar-refractivity contribution in [3.8, 4) is 33.8 Å². The summed E-state index contributed by atoms with van der Waals surface area (Å²) in [5, 5.41) is 3.68. The lowest BCUT2D eigenvalue weighted by Gasteiger charge is -2.42. The fourth-order valence-electron chi connectivity index (χ4n) is 7.87. The zero-order valence-corrected chi connectivity index (χ0v) is 29.2. The minimum absolute atomic E-state index is 0.181. The van der Waals surface area contributed by atoms with Crippen molar-refractivity contribution in [1.29, 1.82) is 0 Å². The number of para-hydroxylation sites is 1. The normalized spacial score (nSPS) is 13.4. The van der Waals surface area contributed by atoms with Crippen LogP contribution in [0.2, 0.25) is 0 Å². The van der Waals surface area contributed by atoms with Crippen molar-refractivity contribution >= 4 is 59.5 Å². The van der Waals surface area contributed by atoms with Gasteiger partial charge in [0, 0.05) is 47.8 Å². The van der Waals surface area contributed by atoms with E-state index in [0.29, 0.717) is 5.82 Å². The zero-order valence-electron chi connectivity index (χ0n) is 28.3. The number of anilines is 3. The van der Waals surface area contributed by atoms with Crippen LogP contribution in [-0.4, -0.2) is 9.97 Å². The van der Waals surface area contributed by atoms with Crippen LogP contribution in [0.5, 0.6) is 0 Å². The first kappa shape index (κ1) is 29.8. The van der Waals surface area contributed by atoms with Gasteiger partial charge in [-0.2, -0.15) is 0 Å². The average molecular weight is 672 g/mol. The highest BCUT2D eigenvalue weighted by Crippen LogP contribution is 2.54. The van der Waals surface area contributed by atoms with Crippen LogP contribution in [0.4, 0.5) is 17.1 Å². The molecule has 7 aromatic carbocycles. The lowest BCUT2D eigenvalue weighted by Crippen LogP contribution is -2.30. The Balaban J connectivity index is 1.18. The molecule has 0 atom stereocenters. The molecule has 0 amide bonds. The number of hydrogen-bond donors (Lipinski definition) is 0. The fourth-order valence-corrected chi connectivity index (χ4v) is 8.99. The third-order valence-electron chi connectivity index (χ3n) is 10.4. The van der Waals surface area contributed by atoms with Gasteiger partial charge in [-0.3, -0.25) is 0 Å². The van der Waals surface area contributed by atoms with Crippen molar-refractivity contribution in [3.05, 3.63) is 175 Å². The Morgan fingerprint density at radius 3 is 2.04 bits per heavy atom. The minimum atomic E-state index is -0.181. The molecule has 0 fully saturated rings. The van der Waals surface area contributed by atoms with Gasteiger partial charge in [0.25, 0.3) is 0 Å². The molecular weight excluding hydrogens is 639 g/mol. The first-order valence-electron chi connectivity index (χ1n) is 17.4. The van der Waals surface area contributed by atoms with Crippen molar-refractivity contribution in [2.75, 3.05) is 4.90 Å². The highest BCUT2D eigenvalue weighted by Gasteiger charge is 2.37. The van der Waals surface area contributed by atoms with Crippen LogP contribution < -0.4 is 4.90 Å². The van der Waals surface area contributed by atoms with Crippen LogP contribution in [0, 0.1) is 0 Å². The summed E-state index contributed by atoms with van der Waals surface area (Å²) in [6, 6.07) is 58.7. The maximum atomic E-state index is 5.28. The molecule has 0 radical (unpaired) electrons. The van der Waals surface area contributed by atoms with Gasteiger partial charge in [0.1, 0.15) is 0 Å². The molecular formula is C47H33N3S. The van der Waals surface area contributed by atoms with Crippen LogP contribution in [0.1, 0.15) is 25.0 Å². The van der Waals surface area contributed by atoms with Crippen LogP contribution in [-0.2, 0) is 5.41 Å². The van der Waals surface area contributed by atoms with Gasteiger partial charge >= 0.3 is 0 Å². The van der Waals surface area contributed by atoms with Crippen LogP contribution in [0.15, 0.2) is 164 Å². The molecule has 0 bridgehead atoms. The second-order valence-corrected chi connectivity index (χ2v) is 14.9. The molecule has 242 valence electrons. The molecule has 1 aliphatic rings. The Labute approximate surface area is 301 Å². The molecule has 2 aromatic heterocycles. The second-order valence-electron chi connectivity index (χ2n) is 13.9. The monoisotopic (exact) mass is 671 g/mol. The Bertz CT molecular complexity index is 2780. The maximum Gasteiger partial charge on any atom is 0.160 e. The standard InChI is InChI=1S/C47H33N3S/c1-47(2)38-21-10-11-22-41(38)50(42-29-44-37(28-39(42)47)35-20-9-12-23-43(35)51-44)34-19-13-18-33(26-34)46-48-40-27-32(30-14-5-3-6-15-30)24-25-36(40)45(49-46)31-16-7-4-8-17-31/h3-29H,1-2H3. The van der Waals surface area contributed by atoms with Crippen molar-refractivity contribution in [2.24, 2.45) is 0 Å². The summed E-state index contributed by atoms with van der Waals surface area (Å²) >= 11 is 1.87. The van der Waals surface area contributed by atoms with E-state index in [9.17, 15) is 0 Å². The Kier molecular flexibility index (Phi) is 6.70. The van der Waals surface area contributed by atoms with E-state index in [1.165, 1.54) is 48.2 Å². The molecule has 0 spiro atoms. The second kappa shape index (κ2) is 11.5. The zero-order chi connectivity index (χ0) is 34.1. The molecule has 9 aromatic rings. The Hall–Kier alpha value is -6.10. The van der Waals surface area contributed by atoms with E-state index in [2.05, 4.69) is 176 Å². The van der Waals surface area contributed by atoms with Crippen molar-refractivity contribution < 1.29 is 0 Å².